The van der Waals surface area contributed by atoms with Crippen molar-refractivity contribution in [1.29, 1.82) is 0 Å². The van der Waals surface area contributed by atoms with Crippen LogP contribution in [0.1, 0.15) is 35.4 Å². The standard InChI is InChI=1S/C12H21N3O3/c1-16-10(13)7-4-8(11(14)17-2)6-9(5-7)12(15)18-3/h4-6,10-12H,13-15H2,1-3H3. The van der Waals surface area contributed by atoms with E-state index in [4.69, 9.17) is 31.4 Å². The zero-order valence-corrected chi connectivity index (χ0v) is 10.9. The molecule has 1 rings (SSSR count). The lowest BCUT2D eigenvalue weighted by Crippen LogP contribution is -2.19. The molecular weight excluding hydrogens is 234 g/mol. The van der Waals surface area contributed by atoms with E-state index in [9.17, 15) is 0 Å². The Bertz CT molecular complexity index is 317. The summed E-state index contributed by atoms with van der Waals surface area (Å²) in [4.78, 5) is 0. The first-order valence-electron chi connectivity index (χ1n) is 5.53. The Morgan fingerprint density at radius 2 is 0.889 bits per heavy atom. The smallest absolute Gasteiger partial charge is 0.131 e. The van der Waals surface area contributed by atoms with E-state index in [-0.39, 0.29) is 0 Å². The fraction of sp³-hybridized carbons (Fsp3) is 0.500. The van der Waals surface area contributed by atoms with Gasteiger partial charge in [0.2, 0.25) is 0 Å². The highest BCUT2D eigenvalue weighted by atomic mass is 16.5. The van der Waals surface area contributed by atoms with Crippen LogP contribution in [0.2, 0.25) is 0 Å². The number of methoxy groups -OCH3 is 3. The molecule has 3 atom stereocenters. The van der Waals surface area contributed by atoms with E-state index < -0.39 is 18.7 Å². The summed E-state index contributed by atoms with van der Waals surface area (Å²) < 4.78 is 15.3. The average molecular weight is 255 g/mol. The minimum atomic E-state index is -0.545. The molecule has 0 amide bonds. The lowest BCUT2D eigenvalue weighted by molar-refractivity contribution is 0.0984. The van der Waals surface area contributed by atoms with Crippen molar-refractivity contribution in [2.45, 2.75) is 18.7 Å². The first-order valence-corrected chi connectivity index (χ1v) is 5.53. The summed E-state index contributed by atoms with van der Waals surface area (Å²) in [6.07, 6.45) is -1.63. The lowest BCUT2D eigenvalue weighted by atomic mass is 10.0. The number of hydrogen-bond donors (Lipinski definition) is 3. The predicted molar refractivity (Wildman–Crippen MR) is 68.3 cm³/mol. The van der Waals surface area contributed by atoms with Crippen LogP contribution in [0.4, 0.5) is 0 Å². The second kappa shape index (κ2) is 6.79. The molecule has 0 spiro atoms. The highest BCUT2D eigenvalue weighted by Crippen LogP contribution is 2.23. The Morgan fingerprint density at radius 3 is 1.06 bits per heavy atom. The summed E-state index contributed by atoms with van der Waals surface area (Å²) in [5, 5.41) is 0. The zero-order chi connectivity index (χ0) is 13.7. The molecular formula is C12H21N3O3. The van der Waals surface area contributed by atoms with E-state index in [0.717, 1.165) is 16.7 Å². The van der Waals surface area contributed by atoms with Gasteiger partial charge in [-0.05, 0) is 34.9 Å². The predicted octanol–water partition coefficient (Wildman–Crippen LogP) is 0.498. The maximum Gasteiger partial charge on any atom is 0.131 e. The van der Waals surface area contributed by atoms with E-state index in [1.54, 1.807) is 0 Å². The molecule has 0 aromatic heterocycles. The van der Waals surface area contributed by atoms with Gasteiger partial charge in [0.15, 0.2) is 0 Å². The van der Waals surface area contributed by atoms with Crippen molar-refractivity contribution in [3.63, 3.8) is 0 Å². The summed E-state index contributed by atoms with van der Waals surface area (Å²) in [5.41, 5.74) is 19.8. The van der Waals surface area contributed by atoms with Crippen molar-refractivity contribution in [1.82, 2.24) is 0 Å². The fourth-order valence-corrected chi connectivity index (χ4v) is 1.60. The minimum Gasteiger partial charge on any atom is -0.363 e. The number of rotatable bonds is 6. The van der Waals surface area contributed by atoms with Gasteiger partial charge in [-0.3, -0.25) is 0 Å². The van der Waals surface area contributed by atoms with Gasteiger partial charge in [0.1, 0.15) is 18.7 Å². The molecule has 6 nitrogen and oxygen atoms in total. The Balaban J connectivity index is 3.19. The van der Waals surface area contributed by atoms with Crippen molar-refractivity contribution in [2.24, 2.45) is 17.2 Å². The van der Waals surface area contributed by atoms with E-state index in [0.29, 0.717) is 0 Å². The van der Waals surface area contributed by atoms with E-state index >= 15 is 0 Å². The molecule has 102 valence electrons. The Labute approximate surface area is 107 Å². The van der Waals surface area contributed by atoms with Crippen LogP contribution in [0.15, 0.2) is 18.2 Å². The Morgan fingerprint density at radius 1 is 0.667 bits per heavy atom. The molecule has 0 saturated carbocycles. The SMILES string of the molecule is COC(N)c1cc(C(N)OC)cc(C(N)OC)c1. The van der Waals surface area contributed by atoms with E-state index in [1.807, 2.05) is 18.2 Å². The maximum absolute atomic E-state index is 5.83. The Kier molecular flexibility index (Phi) is 5.67. The number of nitrogens with two attached hydrogens (primary N) is 3. The topological polar surface area (TPSA) is 106 Å². The molecule has 1 aromatic carbocycles. The average Bonchev–Trinajstić information content (AvgIpc) is 2.43. The first-order chi connectivity index (χ1) is 8.53. The molecule has 1 aromatic rings. The van der Waals surface area contributed by atoms with Gasteiger partial charge in [0, 0.05) is 21.3 Å². The van der Waals surface area contributed by atoms with E-state index in [2.05, 4.69) is 0 Å². The van der Waals surface area contributed by atoms with Crippen LogP contribution in [0.3, 0.4) is 0 Å². The Hall–Kier alpha value is -1.02. The van der Waals surface area contributed by atoms with Crippen LogP contribution in [0.25, 0.3) is 0 Å². The molecule has 0 heterocycles. The molecule has 0 aliphatic rings. The molecule has 0 radical (unpaired) electrons. The lowest BCUT2D eigenvalue weighted by Gasteiger charge is -2.19. The number of ether oxygens (including phenoxy) is 3. The molecule has 0 saturated heterocycles. The van der Waals surface area contributed by atoms with Crippen LogP contribution in [0, 0.1) is 0 Å². The van der Waals surface area contributed by atoms with Gasteiger partial charge in [-0.15, -0.1) is 0 Å². The number of hydrogen-bond acceptors (Lipinski definition) is 6. The van der Waals surface area contributed by atoms with Gasteiger partial charge >= 0.3 is 0 Å². The third kappa shape index (κ3) is 3.49. The third-order valence-corrected chi connectivity index (χ3v) is 2.75. The highest BCUT2D eigenvalue weighted by Gasteiger charge is 2.14. The normalized spacial score (nSPS) is 16.3. The fourth-order valence-electron chi connectivity index (χ4n) is 1.60. The van der Waals surface area contributed by atoms with Crippen LogP contribution >= 0.6 is 0 Å². The monoisotopic (exact) mass is 255 g/mol. The van der Waals surface area contributed by atoms with Crippen LogP contribution in [-0.4, -0.2) is 21.3 Å². The first kappa shape index (κ1) is 15.0. The van der Waals surface area contributed by atoms with Crippen molar-refractivity contribution in [3.8, 4) is 0 Å². The highest BCUT2D eigenvalue weighted by molar-refractivity contribution is 5.33. The van der Waals surface area contributed by atoms with Crippen LogP contribution in [0.5, 0.6) is 0 Å². The second-order valence-corrected chi connectivity index (χ2v) is 3.90. The van der Waals surface area contributed by atoms with Crippen LogP contribution in [-0.2, 0) is 14.2 Å². The van der Waals surface area contributed by atoms with E-state index in [1.165, 1.54) is 21.3 Å². The van der Waals surface area contributed by atoms with Crippen molar-refractivity contribution >= 4 is 0 Å². The molecule has 0 aliphatic heterocycles. The van der Waals surface area contributed by atoms with Gasteiger partial charge in [-0.1, -0.05) is 0 Å². The van der Waals surface area contributed by atoms with Gasteiger partial charge in [-0.2, -0.15) is 0 Å². The molecule has 0 fully saturated rings. The van der Waals surface area contributed by atoms with Crippen molar-refractivity contribution < 1.29 is 14.2 Å². The van der Waals surface area contributed by atoms with Crippen LogP contribution < -0.4 is 17.2 Å². The third-order valence-electron chi connectivity index (χ3n) is 2.75. The molecule has 0 bridgehead atoms. The summed E-state index contributed by atoms with van der Waals surface area (Å²) in [6.45, 7) is 0. The molecule has 18 heavy (non-hydrogen) atoms. The molecule has 6 N–H and O–H groups in total. The van der Waals surface area contributed by atoms with Gasteiger partial charge in [-0.25, -0.2) is 0 Å². The molecule has 0 aliphatic carbocycles. The van der Waals surface area contributed by atoms with Crippen molar-refractivity contribution in [2.75, 3.05) is 21.3 Å². The zero-order valence-electron chi connectivity index (χ0n) is 10.9. The van der Waals surface area contributed by atoms with Gasteiger partial charge in [0.05, 0.1) is 0 Å². The summed E-state index contributed by atoms with van der Waals surface area (Å²) in [7, 11) is 4.59. The van der Waals surface area contributed by atoms with Gasteiger partial charge < -0.3 is 31.4 Å². The van der Waals surface area contributed by atoms with Gasteiger partial charge in [0.25, 0.3) is 0 Å². The molecule has 3 unspecified atom stereocenters. The quantitative estimate of drug-likeness (QED) is 0.639. The maximum atomic E-state index is 5.83. The summed E-state index contributed by atoms with van der Waals surface area (Å²) >= 11 is 0. The van der Waals surface area contributed by atoms with Crippen molar-refractivity contribution in [3.05, 3.63) is 34.9 Å². The number of benzene rings is 1. The summed E-state index contributed by atoms with van der Waals surface area (Å²) in [6, 6.07) is 5.48. The minimum absolute atomic E-state index is 0.545. The molecule has 6 heteroatoms. The largest absolute Gasteiger partial charge is 0.363 e. The second-order valence-electron chi connectivity index (χ2n) is 3.90. The summed E-state index contributed by atoms with van der Waals surface area (Å²) in [5.74, 6) is 0.